The van der Waals surface area contributed by atoms with Gasteiger partial charge in [-0.2, -0.15) is 0 Å². The number of benzene rings is 1. The van der Waals surface area contributed by atoms with Gasteiger partial charge < -0.3 is 9.84 Å². The number of aryl methyl sites for hydroxylation is 3. The van der Waals surface area contributed by atoms with Crippen molar-refractivity contribution in [1.29, 1.82) is 0 Å². The molecule has 0 radical (unpaired) electrons. The molecule has 0 aliphatic heterocycles. The van der Waals surface area contributed by atoms with E-state index in [1.165, 1.54) is 0 Å². The summed E-state index contributed by atoms with van der Waals surface area (Å²) in [6.07, 6.45) is 1.63. The van der Waals surface area contributed by atoms with Gasteiger partial charge in [0, 0.05) is 16.2 Å². The van der Waals surface area contributed by atoms with Gasteiger partial charge in [0.1, 0.15) is 5.75 Å². The van der Waals surface area contributed by atoms with Crippen LogP contribution in [0.2, 0.25) is 0 Å². The highest BCUT2D eigenvalue weighted by molar-refractivity contribution is 9.10. The summed E-state index contributed by atoms with van der Waals surface area (Å²) in [7, 11) is 0. The largest absolute Gasteiger partial charge is 0.439 e. The highest BCUT2D eigenvalue weighted by atomic mass is 79.9. The first-order chi connectivity index (χ1) is 9.01. The molecule has 1 aromatic heterocycles. The van der Waals surface area contributed by atoms with Crippen LogP contribution in [-0.4, -0.2) is 10.1 Å². The number of rotatable bonds is 3. The molecular weight excluding hydrogens is 306 g/mol. The maximum absolute atomic E-state index is 9.06. The van der Waals surface area contributed by atoms with Crippen molar-refractivity contribution >= 4 is 15.9 Å². The SMILES string of the molecule is Cc1cc(CO)cnc1Oc1cc(C)c(Br)c(C)c1. The third kappa shape index (κ3) is 3.14. The van der Waals surface area contributed by atoms with E-state index in [2.05, 4.69) is 20.9 Å². The molecule has 0 atom stereocenters. The Morgan fingerprint density at radius 1 is 1.11 bits per heavy atom. The number of aliphatic hydroxyl groups is 1. The molecular formula is C15H16BrNO2. The lowest BCUT2D eigenvalue weighted by molar-refractivity contribution is 0.281. The minimum Gasteiger partial charge on any atom is -0.439 e. The number of nitrogens with zero attached hydrogens (tertiary/aromatic N) is 1. The van der Waals surface area contributed by atoms with Crippen LogP contribution in [0.4, 0.5) is 0 Å². The Hall–Kier alpha value is -1.39. The second-order valence-electron chi connectivity index (χ2n) is 4.60. The Labute approximate surface area is 121 Å². The molecule has 4 heteroatoms. The van der Waals surface area contributed by atoms with Crippen LogP contribution < -0.4 is 4.74 Å². The Balaban J connectivity index is 2.31. The van der Waals surface area contributed by atoms with Gasteiger partial charge in [-0.05, 0) is 55.7 Å². The molecule has 100 valence electrons. The predicted molar refractivity (Wildman–Crippen MR) is 78.6 cm³/mol. The minimum absolute atomic E-state index is 0.00931. The van der Waals surface area contributed by atoms with Crippen molar-refractivity contribution in [2.75, 3.05) is 0 Å². The quantitative estimate of drug-likeness (QED) is 0.927. The molecule has 0 amide bonds. The maximum atomic E-state index is 9.06. The number of aromatic nitrogens is 1. The molecule has 0 unspecified atom stereocenters. The first-order valence-electron chi connectivity index (χ1n) is 6.02. The second-order valence-corrected chi connectivity index (χ2v) is 5.39. The summed E-state index contributed by atoms with van der Waals surface area (Å²) in [5.74, 6) is 1.34. The molecule has 19 heavy (non-hydrogen) atoms. The van der Waals surface area contributed by atoms with Crippen LogP contribution in [0.3, 0.4) is 0 Å². The molecule has 0 saturated carbocycles. The van der Waals surface area contributed by atoms with E-state index < -0.39 is 0 Å². The van der Waals surface area contributed by atoms with E-state index in [-0.39, 0.29) is 6.61 Å². The Bertz CT molecular complexity index is 588. The van der Waals surface area contributed by atoms with Crippen molar-refractivity contribution in [1.82, 2.24) is 4.98 Å². The first kappa shape index (κ1) is 14.0. The zero-order valence-corrected chi connectivity index (χ0v) is 12.8. The van der Waals surface area contributed by atoms with Gasteiger partial charge in [-0.1, -0.05) is 15.9 Å². The van der Waals surface area contributed by atoms with Crippen molar-refractivity contribution in [3.8, 4) is 11.6 Å². The molecule has 1 heterocycles. The summed E-state index contributed by atoms with van der Waals surface area (Å²) < 4.78 is 6.91. The van der Waals surface area contributed by atoms with Crippen LogP contribution in [0.15, 0.2) is 28.9 Å². The van der Waals surface area contributed by atoms with Gasteiger partial charge in [-0.25, -0.2) is 4.98 Å². The zero-order valence-electron chi connectivity index (χ0n) is 11.2. The average Bonchev–Trinajstić information content (AvgIpc) is 2.38. The van der Waals surface area contributed by atoms with E-state index >= 15 is 0 Å². The smallest absolute Gasteiger partial charge is 0.222 e. The molecule has 0 bridgehead atoms. The fraction of sp³-hybridized carbons (Fsp3) is 0.267. The second kappa shape index (κ2) is 5.72. The number of ether oxygens (including phenoxy) is 1. The summed E-state index contributed by atoms with van der Waals surface area (Å²) in [5.41, 5.74) is 3.94. The lowest BCUT2D eigenvalue weighted by Crippen LogP contribution is -1.95. The summed E-state index contributed by atoms with van der Waals surface area (Å²) in [6.45, 7) is 5.96. The van der Waals surface area contributed by atoms with Crippen LogP contribution in [0.25, 0.3) is 0 Å². The fourth-order valence-corrected chi connectivity index (χ4v) is 2.12. The van der Waals surface area contributed by atoms with E-state index in [0.29, 0.717) is 5.88 Å². The molecule has 1 N–H and O–H groups in total. The lowest BCUT2D eigenvalue weighted by atomic mass is 10.1. The normalized spacial score (nSPS) is 10.6. The monoisotopic (exact) mass is 321 g/mol. The third-order valence-corrected chi connectivity index (χ3v) is 4.14. The highest BCUT2D eigenvalue weighted by Gasteiger charge is 2.07. The molecule has 0 aliphatic rings. The van der Waals surface area contributed by atoms with E-state index in [4.69, 9.17) is 9.84 Å². The Kier molecular flexibility index (Phi) is 4.22. The Morgan fingerprint density at radius 2 is 1.74 bits per heavy atom. The fourth-order valence-electron chi connectivity index (χ4n) is 1.89. The lowest BCUT2D eigenvalue weighted by Gasteiger charge is -2.11. The van der Waals surface area contributed by atoms with Crippen LogP contribution in [0.1, 0.15) is 22.3 Å². The molecule has 3 nitrogen and oxygen atoms in total. The van der Waals surface area contributed by atoms with Gasteiger partial charge in [0.2, 0.25) is 5.88 Å². The van der Waals surface area contributed by atoms with Crippen LogP contribution >= 0.6 is 15.9 Å². The zero-order chi connectivity index (χ0) is 14.0. The topological polar surface area (TPSA) is 42.4 Å². The minimum atomic E-state index is -0.00931. The number of halogens is 1. The van der Waals surface area contributed by atoms with Gasteiger partial charge in [-0.15, -0.1) is 0 Å². The Morgan fingerprint density at radius 3 is 2.26 bits per heavy atom. The highest BCUT2D eigenvalue weighted by Crippen LogP contribution is 2.30. The van der Waals surface area contributed by atoms with Gasteiger partial charge in [0.05, 0.1) is 6.61 Å². The van der Waals surface area contributed by atoms with E-state index in [1.807, 2.05) is 39.0 Å². The van der Waals surface area contributed by atoms with Gasteiger partial charge in [0.15, 0.2) is 0 Å². The standard InChI is InChI=1S/C15H16BrNO2/c1-9-5-13(6-10(2)14(9)16)19-15-11(3)4-12(8-18)7-17-15/h4-7,18H,8H2,1-3H3. The van der Waals surface area contributed by atoms with Crippen molar-refractivity contribution in [3.63, 3.8) is 0 Å². The molecule has 2 rings (SSSR count). The molecule has 1 aromatic carbocycles. The van der Waals surface area contributed by atoms with Gasteiger partial charge in [0.25, 0.3) is 0 Å². The van der Waals surface area contributed by atoms with Crippen molar-refractivity contribution in [3.05, 3.63) is 51.1 Å². The summed E-state index contributed by atoms with van der Waals surface area (Å²) in [5, 5.41) is 9.06. The molecule has 0 aliphatic carbocycles. The molecule has 2 aromatic rings. The van der Waals surface area contributed by atoms with Crippen LogP contribution in [0, 0.1) is 20.8 Å². The van der Waals surface area contributed by atoms with Crippen molar-refractivity contribution < 1.29 is 9.84 Å². The van der Waals surface area contributed by atoms with Crippen LogP contribution in [-0.2, 0) is 6.61 Å². The number of pyridine rings is 1. The first-order valence-corrected chi connectivity index (χ1v) is 6.81. The predicted octanol–water partition coefficient (Wildman–Crippen LogP) is 4.05. The van der Waals surface area contributed by atoms with Crippen molar-refractivity contribution in [2.24, 2.45) is 0 Å². The third-order valence-electron chi connectivity index (χ3n) is 2.89. The summed E-state index contributed by atoms with van der Waals surface area (Å²) in [4.78, 5) is 4.23. The van der Waals surface area contributed by atoms with E-state index in [9.17, 15) is 0 Å². The number of hydrogen-bond donors (Lipinski definition) is 1. The molecule has 0 saturated heterocycles. The molecule has 0 spiro atoms. The van der Waals surface area contributed by atoms with Gasteiger partial charge in [-0.3, -0.25) is 0 Å². The maximum Gasteiger partial charge on any atom is 0.222 e. The average molecular weight is 322 g/mol. The van der Waals surface area contributed by atoms with Crippen LogP contribution in [0.5, 0.6) is 11.6 Å². The van der Waals surface area contributed by atoms with Gasteiger partial charge >= 0.3 is 0 Å². The van der Waals surface area contributed by atoms with E-state index in [0.717, 1.165) is 32.5 Å². The molecule has 0 fully saturated rings. The van der Waals surface area contributed by atoms with E-state index in [1.54, 1.807) is 6.20 Å². The van der Waals surface area contributed by atoms with Crippen molar-refractivity contribution in [2.45, 2.75) is 27.4 Å². The number of hydrogen-bond acceptors (Lipinski definition) is 3. The number of aliphatic hydroxyl groups excluding tert-OH is 1. The summed E-state index contributed by atoms with van der Waals surface area (Å²) >= 11 is 3.53. The summed E-state index contributed by atoms with van der Waals surface area (Å²) in [6, 6.07) is 5.82.